The summed E-state index contributed by atoms with van der Waals surface area (Å²) in [6, 6.07) is 13.3. The minimum Gasteiger partial charge on any atom is -0.493 e. The number of rotatable bonds is 9. The van der Waals surface area contributed by atoms with Crippen LogP contribution in [0.3, 0.4) is 0 Å². The number of carbonyl (C=O) groups excluding carboxylic acids is 2. The highest BCUT2D eigenvalue weighted by atomic mass is 32.2. The third kappa shape index (κ3) is 6.78. The van der Waals surface area contributed by atoms with E-state index < -0.39 is 28.5 Å². The molecular weight excluding hydrogens is 436 g/mol. The van der Waals surface area contributed by atoms with Gasteiger partial charge in [0, 0.05) is 18.8 Å². The number of anilines is 1. The van der Waals surface area contributed by atoms with Crippen molar-refractivity contribution in [3.63, 3.8) is 0 Å². The first kappa shape index (κ1) is 23.7. The summed E-state index contributed by atoms with van der Waals surface area (Å²) in [5.74, 6) is -0.420. The largest absolute Gasteiger partial charge is 0.493 e. The molecule has 9 nitrogen and oxygen atoms in total. The van der Waals surface area contributed by atoms with Gasteiger partial charge in [0.05, 0.1) is 31.1 Å². The van der Waals surface area contributed by atoms with E-state index in [-0.39, 0.29) is 17.9 Å². The Labute approximate surface area is 187 Å². The predicted octanol–water partition coefficient (Wildman–Crippen LogP) is 1.97. The molecule has 0 aliphatic carbocycles. The molecular formula is C22H26N2O7S. The van der Waals surface area contributed by atoms with Gasteiger partial charge in [-0.1, -0.05) is 12.1 Å². The SMILES string of the molecule is Cc1cccc(OCCC(=O)OCC(=O)Nc2ccc(S(=O)(=O)N3CCOCC3)cc2)c1. The van der Waals surface area contributed by atoms with Crippen molar-refractivity contribution < 1.29 is 32.2 Å². The number of nitrogens with one attached hydrogen (secondary N) is 1. The zero-order valence-electron chi connectivity index (χ0n) is 17.8. The van der Waals surface area contributed by atoms with Crippen LogP contribution in [-0.4, -0.2) is 64.1 Å². The molecule has 0 radical (unpaired) electrons. The molecule has 1 fully saturated rings. The molecule has 1 aliphatic rings. The minimum absolute atomic E-state index is 0.00924. The quantitative estimate of drug-likeness (QED) is 0.567. The molecule has 0 atom stereocenters. The Bertz CT molecular complexity index is 1030. The fourth-order valence-corrected chi connectivity index (χ4v) is 4.43. The third-order valence-electron chi connectivity index (χ3n) is 4.67. The van der Waals surface area contributed by atoms with Crippen molar-refractivity contribution in [3.05, 3.63) is 54.1 Å². The maximum Gasteiger partial charge on any atom is 0.309 e. The molecule has 0 saturated carbocycles. The summed E-state index contributed by atoms with van der Waals surface area (Å²) in [6.45, 7) is 2.98. The smallest absolute Gasteiger partial charge is 0.309 e. The molecule has 1 heterocycles. The number of nitrogens with zero attached hydrogens (tertiary/aromatic N) is 1. The number of aryl methyl sites for hydroxylation is 1. The lowest BCUT2D eigenvalue weighted by atomic mass is 10.2. The van der Waals surface area contributed by atoms with Crippen molar-refractivity contribution >= 4 is 27.6 Å². The Morgan fingerprint density at radius 1 is 1.09 bits per heavy atom. The molecule has 0 bridgehead atoms. The zero-order chi connectivity index (χ0) is 23.0. The highest BCUT2D eigenvalue weighted by Crippen LogP contribution is 2.19. The van der Waals surface area contributed by atoms with Gasteiger partial charge in [0.15, 0.2) is 6.61 Å². The van der Waals surface area contributed by atoms with E-state index in [0.29, 0.717) is 37.7 Å². The zero-order valence-corrected chi connectivity index (χ0v) is 18.6. The molecule has 1 N–H and O–H groups in total. The molecule has 10 heteroatoms. The standard InChI is InChI=1S/C22H26N2O7S/c1-17-3-2-4-19(15-17)30-12-9-22(26)31-16-21(25)23-18-5-7-20(8-6-18)32(27,28)24-10-13-29-14-11-24/h2-8,15H,9-14,16H2,1H3,(H,23,25). The lowest BCUT2D eigenvalue weighted by molar-refractivity contribution is -0.147. The lowest BCUT2D eigenvalue weighted by Crippen LogP contribution is -2.40. The molecule has 1 aliphatic heterocycles. The number of morpholine rings is 1. The minimum atomic E-state index is -3.60. The van der Waals surface area contributed by atoms with Crippen LogP contribution in [0.15, 0.2) is 53.4 Å². The highest BCUT2D eigenvalue weighted by Gasteiger charge is 2.26. The van der Waals surface area contributed by atoms with Gasteiger partial charge in [0.2, 0.25) is 10.0 Å². The van der Waals surface area contributed by atoms with Crippen molar-refractivity contribution in [2.75, 3.05) is 44.8 Å². The van der Waals surface area contributed by atoms with Crippen molar-refractivity contribution in [2.24, 2.45) is 0 Å². The van der Waals surface area contributed by atoms with Crippen LogP contribution in [0.5, 0.6) is 5.75 Å². The molecule has 2 aromatic rings. The molecule has 1 saturated heterocycles. The van der Waals surface area contributed by atoms with Crippen LogP contribution >= 0.6 is 0 Å². The Hall–Kier alpha value is -2.95. The first-order valence-electron chi connectivity index (χ1n) is 10.2. The number of esters is 1. The Morgan fingerprint density at radius 2 is 1.81 bits per heavy atom. The Kier molecular flexibility index (Phi) is 8.20. The summed E-state index contributed by atoms with van der Waals surface area (Å²) in [5.41, 5.74) is 1.45. The normalized spacial score (nSPS) is 14.5. The van der Waals surface area contributed by atoms with Gasteiger partial charge in [-0.15, -0.1) is 0 Å². The first-order valence-corrected chi connectivity index (χ1v) is 11.6. The van der Waals surface area contributed by atoms with Gasteiger partial charge >= 0.3 is 5.97 Å². The Balaban J connectivity index is 1.41. The molecule has 0 unspecified atom stereocenters. The van der Waals surface area contributed by atoms with Crippen LogP contribution in [0.4, 0.5) is 5.69 Å². The van der Waals surface area contributed by atoms with E-state index in [2.05, 4.69) is 5.32 Å². The molecule has 3 rings (SSSR count). The van der Waals surface area contributed by atoms with Crippen LogP contribution in [0.1, 0.15) is 12.0 Å². The number of ether oxygens (including phenoxy) is 3. The van der Waals surface area contributed by atoms with Crippen molar-refractivity contribution in [3.8, 4) is 5.75 Å². The fraction of sp³-hybridized carbons (Fsp3) is 0.364. The van der Waals surface area contributed by atoms with Gasteiger partial charge in [0.1, 0.15) is 5.75 Å². The van der Waals surface area contributed by atoms with E-state index in [1.165, 1.54) is 28.6 Å². The van der Waals surface area contributed by atoms with Gasteiger partial charge < -0.3 is 19.5 Å². The summed E-state index contributed by atoms with van der Waals surface area (Å²) < 4.78 is 42.2. The Morgan fingerprint density at radius 3 is 2.50 bits per heavy atom. The van der Waals surface area contributed by atoms with Gasteiger partial charge in [-0.05, 0) is 48.9 Å². The summed E-state index contributed by atoms with van der Waals surface area (Å²) in [4.78, 5) is 24.0. The fourth-order valence-electron chi connectivity index (χ4n) is 3.02. The molecule has 32 heavy (non-hydrogen) atoms. The number of hydrogen-bond acceptors (Lipinski definition) is 7. The number of hydrogen-bond donors (Lipinski definition) is 1. The van der Waals surface area contributed by atoms with E-state index in [1.54, 1.807) is 6.07 Å². The maximum absolute atomic E-state index is 12.6. The summed E-state index contributed by atoms with van der Waals surface area (Å²) >= 11 is 0. The van der Waals surface area contributed by atoms with Crippen LogP contribution < -0.4 is 10.1 Å². The average molecular weight is 463 g/mol. The number of amides is 1. The topological polar surface area (TPSA) is 111 Å². The second kappa shape index (κ2) is 11.1. The van der Waals surface area contributed by atoms with Crippen molar-refractivity contribution in [2.45, 2.75) is 18.2 Å². The van der Waals surface area contributed by atoms with Crippen molar-refractivity contribution in [1.29, 1.82) is 0 Å². The van der Waals surface area contributed by atoms with E-state index in [0.717, 1.165) is 5.56 Å². The second-order valence-electron chi connectivity index (χ2n) is 7.16. The van der Waals surface area contributed by atoms with E-state index in [9.17, 15) is 18.0 Å². The number of carbonyl (C=O) groups is 2. The van der Waals surface area contributed by atoms with Crippen LogP contribution in [0.25, 0.3) is 0 Å². The molecule has 1 amide bonds. The summed E-state index contributed by atoms with van der Waals surface area (Å²) in [7, 11) is -3.60. The van der Waals surface area contributed by atoms with Gasteiger partial charge in [-0.2, -0.15) is 4.31 Å². The molecule has 0 spiro atoms. The van der Waals surface area contributed by atoms with Gasteiger partial charge in [-0.3, -0.25) is 9.59 Å². The average Bonchev–Trinajstić information content (AvgIpc) is 2.79. The van der Waals surface area contributed by atoms with Gasteiger partial charge in [-0.25, -0.2) is 8.42 Å². The summed E-state index contributed by atoms with van der Waals surface area (Å²) in [6.07, 6.45) is 0.00924. The predicted molar refractivity (Wildman–Crippen MR) is 117 cm³/mol. The summed E-state index contributed by atoms with van der Waals surface area (Å²) in [5, 5.41) is 2.57. The highest BCUT2D eigenvalue weighted by molar-refractivity contribution is 7.89. The first-order chi connectivity index (χ1) is 15.3. The lowest BCUT2D eigenvalue weighted by Gasteiger charge is -2.26. The van der Waals surface area contributed by atoms with Crippen LogP contribution in [-0.2, 0) is 29.1 Å². The molecule has 172 valence electrons. The maximum atomic E-state index is 12.6. The molecule has 2 aromatic carbocycles. The van der Waals surface area contributed by atoms with E-state index >= 15 is 0 Å². The van der Waals surface area contributed by atoms with Gasteiger partial charge in [0.25, 0.3) is 5.91 Å². The van der Waals surface area contributed by atoms with E-state index in [1.807, 2.05) is 25.1 Å². The van der Waals surface area contributed by atoms with Crippen LogP contribution in [0.2, 0.25) is 0 Å². The van der Waals surface area contributed by atoms with Crippen LogP contribution in [0, 0.1) is 6.92 Å². The second-order valence-corrected chi connectivity index (χ2v) is 9.10. The third-order valence-corrected chi connectivity index (χ3v) is 6.59. The van der Waals surface area contributed by atoms with E-state index in [4.69, 9.17) is 14.2 Å². The monoisotopic (exact) mass is 462 g/mol. The molecule has 0 aromatic heterocycles. The number of sulfonamides is 1. The number of benzene rings is 2. The van der Waals surface area contributed by atoms with Crippen molar-refractivity contribution in [1.82, 2.24) is 4.31 Å².